The van der Waals surface area contributed by atoms with Gasteiger partial charge in [0.2, 0.25) is 10.0 Å². The van der Waals surface area contributed by atoms with E-state index in [2.05, 4.69) is 29.6 Å². The molecule has 110 valence electrons. The number of thioether (sulfide) groups is 1. The van der Waals surface area contributed by atoms with Gasteiger partial charge in [-0.15, -0.1) is 11.8 Å². The monoisotopic (exact) mass is 312 g/mol. The Morgan fingerprint density at radius 2 is 1.95 bits per heavy atom. The molecule has 6 heteroatoms. The highest BCUT2D eigenvalue weighted by atomic mass is 32.2. The maximum Gasteiger partial charge on any atom is 0.211 e. The number of hydrogen-bond acceptors (Lipinski definition) is 4. The summed E-state index contributed by atoms with van der Waals surface area (Å²) in [5, 5.41) is 3.70. The normalized spacial score (nSPS) is 24.8. The summed E-state index contributed by atoms with van der Waals surface area (Å²) in [4.78, 5) is 1.37. The molecule has 2 aliphatic heterocycles. The van der Waals surface area contributed by atoms with Gasteiger partial charge < -0.3 is 5.32 Å². The van der Waals surface area contributed by atoms with Crippen LogP contribution in [0.15, 0.2) is 29.2 Å². The summed E-state index contributed by atoms with van der Waals surface area (Å²) < 4.78 is 24.6. The van der Waals surface area contributed by atoms with E-state index in [9.17, 15) is 8.42 Å². The molecule has 20 heavy (non-hydrogen) atoms. The molecule has 0 spiro atoms. The highest BCUT2D eigenvalue weighted by molar-refractivity contribution is 7.99. The zero-order valence-corrected chi connectivity index (χ0v) is 13.2. The summed E-state index contributed by atoms with van der Waals surface area (Å²) in [6, 6.07) is 9.37. The van der Waals surface area contributed by atoms with Gasteiger partial charge in [0.1, 0.15) is 0 Å². The molecule has 1 saturated heterocycles. The van der Waals surface area contributed by atoms with Gasteiger partial charge in [0.25, 0.3) is 0 Å². The van der Waals surface area contributed by atoms with Crippen LogP contribution in [0, 0.1) is 0 Å². The number of nitrogens with zero attached hydrogens (tertiary/aromatic N) is 1. The molecule has 0 bridgehead atoms. The van der Waals surface area contributed by atoms with E-state index >= 15 is 0 Å². The Morgan fingerprint density at radius 3 is 2.65 bits per heavy atom. The quantitative estimate of drug-likeness (QED) is 0.925. The van der Waals surface area contributed by atoms with Gasteiger partial charge in [0.15, 0.2) is 0 Å². The van der Waals surface area contributed by atoms with Crippen molar-refractivity contribution in [3.8, 4) is 0 Å². The van der Waals surface area contributed by atoms with Crippen molar-refractivity contribution in [2.45, 2.75) is 29.8 Å². The Balaban J connectivity index is 1.59. The second-order valence-corrected chi connectivity index (χ2v) is 8.55. The summed E-state index contributed by atoms with van der Waals surface area (Å²) >= 11 is 1.90. The highest BCUT2D eigenvalue weighted by Crippen LogP contribution is 2.38. The molecule has 4 nitrogen and oxygen atoms in total. The van der Waals surface area contributed by atoms with E-state index in [0.29, 0.717) is 25.2 Å². The lowest BCUT2D eigenvalue weighted by Crippen LogP contribution is -2.45. The number of rotatable bonds is 3. The molecule has 1 atom stereocenters. The molecular formula is C14H20N2O2S2. The highest BCUT2D eigenvalue weighted by Gasteiger charge is 2.29. The molecule has 1 aromatic carbocycles. The molecule has 3 rings (SSSR count). The number of benzene rings is 1. The lowest BCUT2D eigenvalue weighted by Gasteiger charge is -2.32. The van der Waals surface area contributed by atoms with Gasteiger partial charge >= 0.3 is 0 Å². The second kappa shape index (κ2) is 5.67. The first-order chi connectivity index (χ1) is 9.54. The van der Waals surface area contributed by atoms with Crippen LogP contribution < -0.4 is 5.32 Å². The van der Waals surface area contributed by atoms with E-state index in [-0.39, 0.29) is 0 Å². The van der Waals surface area contributed by atoms with E-state index in [0.717, 1.165) is 18.6 Å². The average molecular weight is 312 g/mol. The van der Waals surface area contributed by atoms with Crippen molar-refractivity contribution in [1.29, 1.82) is 0 Å². The third-order valence-corrected chi connectivity index (χ3v) is 6.55. The van der Waals surface area contributed by atoms with Crippen LogP contribution in [0.2, 0.25) is 0 Å². The van der Waals surface area contributed by atoms with Crippen molar-refractivity contribution < 1.29 is 8.42 Å². The molecule has 0 saturated carbocycles. The Bertz CT molecular complexity index is 581. The van der Waals surface area contributed by atoms with E-state index in [1.807, 2.05) is 11.8 Å². The van der Waals surface area contributed by atoms with Gasteiger partial charge in [0, 0.05) is 35.8 Å². The summed E-state index contributed by atoms with van der Waals surface area (Å²) in [6.07, 6.45) is 3.09. The maximum absolute atomic E-state index is 11.5. The Kier molecular flexibility index (Phi) is 4.08. The first-order valence-electron chi connectivity index (χ1n) is 6.97. The summed E-state index contributed by atoms with van der Waals surface area (Å²) in [6.45, 7) is 1.27. The largest absolute Gasteiger partial charge is 0.306 e. The fourth-order valence-corrected chi connectivity index (χ4v) is 4.99. The molecule has 0 radical (unpaired) electrons. The molecule has 1 aromatic rings. The van der Waals surface area contributed by atoms with Crippen LogP contribution in [-0.2, 0) is 10.0 Å². The molecule has 0 aliphatic carbocycles. The topological polar surface area (TPSA) is 49.4 Å². The van der Waals surface area contributed by atoms with Crippen molar-refractivity contribution in [3.05, 3.63) is 29.8 Å². The summed E-state index contributed by atoms with van der Waals surface area (Å²) in [7, 11) is -3.02. The van der Waals surface area contributed by atoms with Gasteiger partial charge in [-0.3, -0.25) is 0 Å². The third-order valence-electron chi connectivity index (χ3n) is 4.06. The molecule has 0 amide bonds. The van der Waals surface area contributed by atoms with Crippen LogP contribution in [0.1, 0.15) is 24.4 Å². The number of nitrogens with one attached hydrogen (secondary N) is 1. The molecule has 1 N–H and O–H groups in total. The van der Waals surface area contributed by atoms with Crippen LogP contribution in [0.3, 0.4) is 0 Å². The SMILES string of the molecule is CS(=O)(=O)N1CCC(NC2CSc3ccccc32)CC1. The minimum Gasteiger partial charge on any atom is -0.306 e. The summed E-state index contributed by atoms with van der Waals surface area (Å²) in [5.41, 5.74) is 1.39. The smallest absolute Gasteiger partial charge is 0.211 e. The van der Waals surface area contributed by atoms with Crippen LogP contribution >= 0.6 is 11.8 Å². The molecule has 1 unspecified atom stereocenters. The Labute approximate surface area is 125 Å². The predicted molar refractivity (Wildman–Crippen MR) is 82.5 cm³/mol. The summed E-state index contributed by atoms with van der Waals surface area (Å²) in [5.74, 6) is 1.08. The van der Waals surface area contributed by atoms with E-state index in [1.54, 1.807) is 4.31 Å². The molecule has 2 aliphatic rings. The zero-order valence-electron chi connectivity index (χ0n) is 11.6. The van der Waals surface area contributed by atoms with Crippen LogP contribution in [0.4, 0.5) is 0 Å². The zero-order chi connectivity index (χ0) is 14.2. The Morgan fingerprint density at radius 1 is 1.25 bits per heavy atom. The first-order valence-corrected chi connectivity index (χ1v) is 9.80. The van der Waals surface area contributed by atoms with Gasteiger partial charge in [-0.25, -0.2) is 12.7 Å². The lowest BCUT2D eigenvalue weighted by molar-refractivity contribution is 0.279. The van der Waals surface area contributed by atoms with Gasteiger partial charge in [-0.2, -0.15) is 0 Å². The Hall–Kier alpha value is -0.560. The fourth-order valence-electron chi connectivity index (χ4n) is 2.94. The van der Waals surface area contributed by atoms with E-state index in [4.69, 9.17) is 0 Å². The molecule has 2 heterocycles. The van der Waals surface area contributed by atoms with Crippen LogP contribution in [-0.4, -0.2) is 43.9 Å². The minimum absolute atomic E-state index is 0.408. The number of hydrogen-bond donors (Lipinski definition) is 1. The second-order valence-electron chi connectivity index (χ2n) is 5.50. The molecular weight excluding hydrogens is 292 g/mol. The number of sulfonamides is 1. The van der Waals surface area contributed by atoms with E-state index < -0.39 is 10.0 Å². The van der Waals surface area contributed by atoms with Gasteiger partial charge in [0.05, 0.1) is 6.26 Å². The van der Waals surface area contributed by atoms with Gasteiger partial charge in [-0.1, -0.05) is 18.2 Å². The average Bonchev–Trinajstić information content (AvgIpc) is 2.82. The lowest BCUT2D eigenvalue weighted by atomic mass is 10.0. The van der Waals surface area contributed by atoms with Crippen LogP contribution in [0.25, 0.3) is 0 Å². The number of piperidine rings is 1. The third kappa shape index (κ3) is 3.03. The molecule has 0 aromatic heterocycles. The minimum atomic E-state index is -3.02. The van der Waals surface area contributed by atoms with Crippen LogP contribution in [0.5, 0.6) is 0 Å². The van der Waals surface area contributed by atoms with Crippen molar-refractivity contribution in [3.63, 3.8) is 0 Å². The first kappa shape index (κ1) is 14.4. The standard InChI is InChI=1S/C14H20N2O2S2/c1-20(17,18)16-8-6-11(7-9-16)15-13-10-19-14-5-3-2-4-12(13)14/h2-5,11,13,15H,6-10H2,1H3. The predicted octanol–water partition coefficient (Wildman–Crippen LogP) is 1.85. The van der Waals surface area contributed by atoms with Crippen molar-refractivity contribution in [2.24, 2.45) is 0 Å². The maximum atomic E-state index is 11.5. The van der Waals surface area contributed by atoms with Crippen molar-refractivity contribution >= 4 is 21.8 Å². The van der Waals surface area contributed by atoms with Crippen molar-refractivity contribution in [2.75, 3.05) is 25.1 Å². The fraction of sp³-hybridized carbons (Fsp3) is 0.571. The molecule has 1 fully saturated rings. The number of fused-ring (bicyclic) bond motifs is 1. The van der Waals surface area contributed by atoms with Gasteiger partial charge in [-0.05, 0) is 24.5 Å². The van der Waals surface area contributed by atoms with Crippen molar-refractivity contribution in [1.82, 2.24) is 9.62 Å². The van der Waals surface area contributed by atoms with E-state index in [1.165, 1.54) is 16.7 Å².